The van der Waals surface area contributed by atoms with E-state index in [1.807, 2.05) is 13.8 Å². The Balaban J connectivity index is 0.000000461. The van der Waals surface area contributed by atoms with E-state index >= 15 is 0 Å². The van der Waals surface area contributed by atoms with E-state index in [9.17, 15) is 9.18 Å². The Kier molecular flexibility index (Phi) is 3.40. The molecule has 0 saturated carbocycles. The van der Waals surface area contributed by atoms with Crippen molar-refractivity contribution in [2.24, 2.45) is 0 Å². The van der Waals surface area contributed by atoms with E-state index < -0.39 is 5.82 Å². The lowest BCUT2D eigenvalue weighted by Gasteiger charge is -1.95. The predicted molar refractivity (Wildman–Crippen MR) is 55.9 cm³/mol. The number of pyridine rings is 1. The topological polar surface area (TPSA) is 32.9 Å². The number of benzene rings is 1. The Bertz CT molecular complexity index is 471. The molecule has 3 heteroatoms. The smallest absolute Gasteiger partial charge is 0.258 e. The lowest BCUT2D eigenvalue weighted by atomic mass is 10.2. The maximum absolute atomic E-state index is 13.0. The highest BCUT2D eigenvalue weighted by atomic mass is 19.1. The average molecular weight is 193 g/mol. The molecule has 2 rings (SSSR count). The second kappa shape index (κ2) is 4.56. The van der Waals surface area contributed by atoms with Crippen molar-refractivity contribution in [3.63, 3.8) is 0 Å². The van der Waals surface area contributed by atoms with Gasteiger partial charge in [-0.3, -0.25) is 4.79 Å². The highest BCUT2D eigenvalue weighted by Gasteiger charge is 2.01. The summed E-state index contributed by atoms with van der Waals surface area (Å²) >= 11 is 0. The first-order chi connectivity index (χ1) is 6.79. The van der Waals surface area contributed by atoms with Crippen molar-refractivity contribution in [2.45, 2.75) is 13.8 Å². The highest BCUT2D eigenvalue weighted by molar-refractivity contribution is 5.81. The Morgan fingerprint density at radius 1 is 1.21 bits per heavy atom. The molecule has 1 aromatic heterocycles. The molecule has 0 fully saturated rings. The normalized spacial score (nSPS) is 9.36. The van der Waals surface area contributed by atoms with Crippen LogP contribution in [0.2, 0.25) is 0 Å². The van der Waals surface area contributed by atoms with Gasteiger partial charge in [-0.15, -0.1) is 0 Å². The van der Waals surface area contributed by atoms with Crippen LogP contribution in [0.4, 0.5) is 4.39 Å². The molecular weight excluding hydrogens is 181 g/mol. The minimum atomic E-state index is -0.477. The number of halogens is 1. The summed E-state index contributed by atoms with van der Waals surface area (Å²) in [6, 6.07) is 6.22. The average Bonchev–Trinajstić information content (AvgIpc) is 2.21. The van der Waals surface area contributed by atoms with Gasteiger partial charge in [0.2, 0.25) is 0 Å². The van der Waals surface area contributed by atoms with Crippen molar-refractivity contribution in [1.29, 1.82) is 0 Å². The summed E-state index contributed by atoms with van der Waals surface area (Å²) in [6.45, 7) is 4.00. The number of fused-ring (bicyclic) bond motifs is 1. The molecule has 74 valence electrons. The molecule has 0 saturated heterocycles. The fraction of sp³-hybridized carbons (Fsp3) is 0.182. The van der Waals surface area contributed by atoms with E-state index in [0.29, 0.717) is 5.39 Å². The number of hydrogen-bond donors (Lipinski definition) is 1. The van der Waals surface area contributed by atoms with E-state index in [2.05, 4.69) is 4.98 Å². The van der Waals surface area contributed by atoms with E-state index in [4.69, 9.17) is 0 Å². The van der Waals surface area contributed by atoms with E-state index in [-0.39, 0.29) is 10.9 Å². The molecule has 0 spiro atoms. The van der Waals surface area contributed by atoms with Crippen LogP contribution in [-0.2, 0) is 0 Å². The molecule has 1 N–H and O–H groups in total. The third-order valence-corrected chi connectivity index (χ3v) is 1.75. The third kappa shape index (κ3) is 1.82. The molecule has 0 aliphatic heterocycles. The molecule has 0 aliphatic carbocycles. The van der Waals surface area contributed by atoms with Gasteiger partial charge in [-0.05, 0) is 17.5 Å². The third-order valence-electron chi connectivity index (χ3n) is 1.75. The van der Waals surface area contributed by atoms with E-state index in [0.717, 1.165) is 0 Å². The van der Waals surface area contributed by atoms with Crippen LogP contribution in [0.3, 0.4) is 0 Å². The first-order valence-electron chi connectivity index (χ1n) is 4.55. The number of aromatic amines is 1. The minimum Gasteiger partial charge on any atom is -0.328 e. The Hall–Kier alpha value is -1.64. The predicted octanol–water partition coefficient (Wildman–Crippen LogP) is 2.69. The zero-order valence-corrected chi connectivity index (χ0v) is 8.17. The molecule has 2 aromatic rings. The first-order valence-corrected chi connectivity index (χ1v) is 4.55. The number of hydrogen-bond acceptors (Lipinski definition) is 1. The second-order valence-electron chi connectivity index (χ2n) is 2.51. The van der Waals surface area contributed by atoms with Crippen LogP contribution in [0, 0.1) is 5.82 Å². The summed E-state index contributed by atoms with van der Waals surface area (Å²) < 4.78 is 13.0. The van der Waals surface area contributed by atoms with Crippen molar-refractivity contribution in [2.75, 3.05) is 0 Å². The van der Waals surface area contributed by atoms with Crippen LogP contribution in [0.1, 0.15) is 13.8 Å². The molecule has 0 atom stereocenters. The molecule has 1 aromatic carbocycles. The second-order valence-corrected chi connectivity index (χ2v) is 2.51. The van der Waals surface area contributed by atoms with Crippen molar-refractivity contribution in [3.8, 4) is 0 Å². The molecule has 0 amide bonds. The summed E-state index contributed by atoms with van der Waals surface area (Å²) in [4.78, 5) is 13.5. The fourth-order valence-electron chi connectivity index (χ4n) is 1.20. The summed E-state index contributed by atoms with van der Waals surface area (Å²) in [7, 11) is 0. The summed E-state index contributed by atoms with van der Waals surface area (Å²) in [5.41, 5.74) is -0.384. The lowest BCUT2D eigenvalue weighted by Crippen LogP contribution is -2.05. The van der Waals surface area contributed by atoms with Gasteiger partial charge in [-0.1, -0.05) is 26.0 Å². The highest BCUT2D eigenvalue weighted by Crippen LogP contribution is 2.11. The maximum Gasteiger partial charge on any atom is 0.258 e. The zero-order chi connectivity index (χ0) is 10.6. The zero-order valence-electron chi connectivity index (χ0n) is 8.17. The van der Waals surface area contributed by atoms with Gasteiger partial charge < -0.3 is 4.98 Å². The Morgan fingerprint density at radius 3 is 2.57 bits per heavy atom. The van der Waals surface area contributed by atoms with Crippen LogP contribution >= 0.6 is 0 Å². The van der Waals surface area contributed by atoms with Crippen LogP contribution < -0.4 is 5.56 Å². The van der Waals surface area contributed by atoms with Crippen molar-refractivity contribution < 1.29 is 4.39 Å². The largest absolute Gasteiger partial charge is 0.328 e. The van der Waals surface area contributed by atoms with Gasteiger partial charge in [-0.25, -0.2) is 4.39 Å². The first kappa shape index (κ1) is 10.4. The number of aromatic nitrogens is 1. The van der Waals surface area contributed by atoms with Gasteiger partial charge in [0.1, 0.15) is 5.82 Å². The molecule has 1 heterocycles. The molecule has 0 bridgehead atoms. The van der Waals surface area contributed by atoms with Gasteiger partial charge in [0, 0.05) is 6.20 Å². The Morgan fingerprint density at radius 2 is 1.93 bits per heavy atom. The molecule has 0 radical (unpaired) electrons. The van der Waals surface area contributed by atoms with Gasteiger partial charge in [0.05, 0.1) is 5.39 Å². The summed E-state index contributed by atoms with van der Waals surface area (Å²) in [5.74, 6) is -0.477. The number of rotatable bonds is 0. The van der Waals surface area contributed by atoms with Crippen LogP contribution in [0.15, 0.2) is 35.3 Å². The Labute approximate surface area is 81.4 Å². The van der Waals surface area contributed by atoms with Gasteiger partial charge >= 0.3 is 0 Å². The molecule has 0 aliphatic rings. The maximum atomic E-state index is 13.0. The number of nitrogens with one attached hydrogen (secondary N) is 1. The van der Waals surface area contributed by atoms with Crippen molar-refractivity contribution in [3.05, 3.63) is 46.6 Å². The quantitative estimate of drug-likeness (QED) is 0.685. The molecule has 14 heavy (non-hydrogen) atoms. The fourth-order valence-corrected chi connectivity index (χ4v) is 1.20. The standard InChI is InChI=1S/C9H6FNO.C2H6/c10-7-3-1-2-6-4-5-11-9(12)8(6)7;1-2/h1-5H,(H,11,12);1-2H3. The monoisotopic (exact) mass is 193 g/mol. The molecular formula is C11H12FNO. The van der Waals surface area contributed by atoms with Crippen LogP contribution in [-0.4, -0.2) is 4.98 Å². The van der Waals surface area contributed by atoms with Crippen LogP contribution in [0.25, 0.3) is 10.8 Å². The van der Waals surface area contributed by atoms with E-state index in [1.165, 1.54) is 12.3 Å². The van der Waals surface area contributed by atoms with E-state index in [1.54, 1.807) is 18.2 Å². The van der Waals surface area contributed by atoms with Gasteiger partial charge in [-0.2, -0.15) is 0 Å². The van der Waals surface area contributed by atoms with Crippen molar-refractivity contribution >= 4 is 10.8 Å². The number of H-pyrrole nitrogens is 1. The van der Waals surface area contributed by atoms with Gasteiger partial charge in [0.25, 0.3) is 5.56 Å². The van der Waals surface area contributed by atoms with Crippen LogP contribution in [0.5, 0.6) is 0 Å². The molecule has 0 unspecified atom stereocenters. The molecule has 2 nitrogen and oxygen atoms in total. The summed E-state index contributed by atoms with van der Waals surface area (Å²) in [5, 5.41) is 0.749. The SMILES string of the molecule is CC.O=c1[nH]ccc2cccc(F)c12. The van der Waals surface area contributed by atoms with Crippen molar-refractivity contribution in [1.82, 2.24) is 4.98 Å². The summed E-state index contributed by atoms with van der Waals surface area (Å²) in [6.07, 6.45) is 1.50. The minimum absolute atomic E-state index is 0.125. The van der Waals surface area contributed by atoms with Gasteiger partial charge in [0.15, 0.2) is 0 Å². The lowest BCUT2D eigenvalue weighted by molar-refractivity contribution is 0.638.